The van der Waals surface area contributed by atoms with E-state index >= 15 is 0 Å². The second-order valence-electron chi connectivity index (χ2n) is 7.76. The van der Waals surface area contributed by atoms with Gasteiger partial charge in [0.25, 0.3) is 5.91 Å². The van der Waals surface area contributed by atoms with Crippen molar-refractivity contribution in [1.82, 2.24) is 9.88 Å². The molecule has 1 aliphatic rings. The van der Waals surface area contributed by atoms with Gasteiger partial charge in [-0.05, 0) is 36.6 Å². The van der Waals surface area contributed by atoms with Crippen molar-refractivity contribution in [3.8, 4) is 0 Å². The predicted octanol–water partition coefficient (Wildman–Crippen LogP) is 4.83. The van der Waals surface area contributed by atoms with Crippen LogP contribution >= 0.6 is 0 Å². The van der Waals surface area contributed by atoms with Crippen LogP contribution in [0.5, 0.6) is 0 Å². The molecule has 0 spiro atoms. The molecule has 1 aliphatic carbocycles. The highest BCUT2D eigenvalue weighted by Gasteiger charge is 2.27. The quantitative estimate of drug-likeness (QED) is 0.595. The number of nitrogens with zero attached hydrogens (tertiary/aromatic N) is 1. The van der Waals surface area contributed by atoms with E-state index in [0.717, 1.165) is 42.1 Å². The number of carbonyl (C=O) groups excluding carboxylic acids is 2. The van der Waals surface area contributed by atoms with E-state index in [4.69, 9.17) is 4.74 Å². The Bertz CT molecular complexity index is 1020. The molecule has 0 saturated heterocycles. The first-order valence-electron chi connectivity index (χ1n) is 10.4. The summed E-state index contributed by atoms with van der Waals surface area (Å²) in [7, 11) is 0. The van der Waals surface area contributed by atoms with Gasteiger partial charge in [0.1, 0.15) is 5.82 Å². The lowest BCUT2D eigenvalue weighted by Crippen LogP contribution is -2.43. The van der Waals surface area contributed by atoms with E-state index in [-0.39, 0.29) is 24.4 Å². The van der Waals surface area contributed by atoms with Gasteiger partial charge in [-0.25, -0.2) is 9.18 Å². The first-order chi connectivity index (χ1) is 14.6. The van der Waals surface area contributed by atoms with Crippen molar-refractivity contribution in [2.24, 2.45) is 0 Å². The number of para-hydroxylation sites is 1. The highest BCUT2D eigenvalue weighted by Crippen LogP contribution is 2.25. The minimum absolute atomic E-state index is 0.114. The van der Waals surface area contributed by atoms with Gasteiger partial charge in [0.15, 0.2) is 6.61 Å². The molecule has 0 aliphatic heterocycles. The molecule has 1 fully saturated rings. The van der Waals surface area contributed by atoms with Gasteiger partial charge in [-0.3, -0.25) is 4.79 Å². The van der Waals surface area contributed by atoms with Crippen molar-refractivity contribution < 1.29 is 18.7 Å². The smallest absolute Gasteiger partial charge is 0.340 e. The highest BCUT2D eigenvalue weighted by molar-refractivity contribution is 6.04. The maximum atomic E-state index is 13.3. The molecule has 0 unspecified atom stereocenters. The Morgan fingerprint density at radius 3 is 2.53 bits per heavy atom. The number of H-pyrrole nitrogens is 1. The highest BCUT2D eigenvalue weighted by atomic mass is 19.1. The number of carbonyl (C=O) groups is 2. The van der Waals surface area contributed by atoms with E-state index < -0.39 is 5.97 Å². The molecule has 1 aromatic heterocycles. The summed E-state index contributed by atoms with van der Waals surface area (Å²) in [5, 5.41) is 0.769. The number of ether oxygens (including phenoxy) is 1. The molecule has 1 saturated carbocycles. The summed E-state index contributed by atoms with van der Waals surface area (Å²) in [6.07, 6.45) is 6.80. The number of amides is 1. The van der Waals surface area contributed by atoms with E-state index in [0.29, 0.717) is 12.1 Å². The summed E-state index contributed by atoms with van der Waals surface area (Å²) < 4.78 is 18.6. The third-order valence-electron chi connectivity index (χ3n) is 5.74. The van der Waals surface area contributed by atoms with Crippen molar-refractivity contribution in [3.05, 3.63) is 71.7 Å². The zero-order chi connectivity index (χ0) is 20.9. The van der Waals surface area contributed by atoms with Gasteiger partial charge in [0.2, 0.25) is 0 Å². The lowest BCUT2D eigenvalue weighted by atomic mass is 9.93. The molecular formula is C24H25FN2O3. The number of rotatable bonds is 6. The number of aromatic amines is 1. The van der Waals surface area contributed by atoms with Gasteiger partial charge in [-0.15, -0.1) is 0 Å². The molecule has 3 aromatic rings. The first-order valence-corrected chi connectivity index (χ1v) is 10.4. The monoisotopic (exact) mass is 408 g/mol. The third-order valence-corrected chi connectivity index (χ3v) is 5.74. The summed E-state index contributed by atoms with van der Waals surface area (Å²) >= 11 is 0. The number of hydrogen-bond acceptors (Lipinski definition) is 3. The molecule has 5 nitrogen and oxygen atoms in total. The van der Waals surface area contributed by atoms with Crippen LogP contribution < -0.4 is 0 Å². The zero-order valence-electron chi connectivity index (χ0n) is 16.8. The number of benzene rings is 2. The average molecular weight is 408 g/mol. The van der Waals surface area contributed by atoms with Crippen LogP contribution in [0.15, 0.2) is 54.7 Å². The molecule has 1 N–H and O–H groups in total. The van der Waals surface area contributed by atoms with E-state index in [1.165, 1.54) is 18.6 Å². The van der Waals surface area contributed by atoms with Crippen LogP contribution in [0.3, 0.4) is 0 Å². The second-order valence-corrected chi connectivity index (χ2v) is 7.76. The fourth-order valence-electron chi connectivity index (χ4n) is 4.13. The van der Waals surface area contributed by atoms with Gasteiger partial charge < -0.3 is 14.6 Å². The van der Waals surface area contributed by atoms with Crippen molar-refractivity contribution in [3.63, 3.8) is 0 Å². The Balaban J connectivity index is 1.45. The molecule has 4 rings (SSSR count). The third kappa shape index (κ3) is 4.53. The van der Waals surface area contributed by atoms with Gasteiger partial charge in [-0.2, -0.15) is 0 Å². The fourth-order valence-corrected chi connectivity index (χ4v) is 4.13. The molecule has 6 heteroatoms. The average Bonchev–Trinajstić information content (AvgIpc) is 3.22. The van der Waals surface area contributed by atoms with Crippen LogP contribution in [0, 0.1) is 5.82 Å². The summed E-state index contributed by atoms with van der Waals surface area (Å²) in [5.74, 6) is -1.05. The minimum Gasteiger partial charge on any atom is -0.452 e. The second kappa shape index (κ2) is 9.11. The summed E-state index contributed by atoms with van der Waals surface area (Å²) in [5.41, 5.74) is 2.12. The van der Waals surface area contributed by atoms with E-state index in [1.54, 1.807) is 23.2 Å². The largest absolute Gasteiger partial charge is 0.452 e. The Labute approximate surface area is 174 Å². The van der Waals surface area contributed by atoms with Crippen LogP contribution in [0.4, 0.5) is 4.39 Å². The van der Waals surface area contributed by atoms with Gasteiger partial charge in [0.05, 0.1) is 5.56 Å². The van der Waals surface area contributed by atoms with E-state index in [2.05, 4.69) is 4.98 Å². The minimum atomic E-state index is -0.522. The summed E-state index contributed by atoms with van der Waals surface area (Å²) in [4.78, 5) is 30.4. The molecule has 2 aromatic carbocycles. The van der Waals surface area contributed by atoms with E-state index in [9.17, 15) is 14.0 Å². The number of halogens is 1. The molecule has 0 radical (unpaired) electrons. The van der Waals surface area contributed by atoms with E-state index in [1.807, 2.05) is 24.3 Å². The Morgan fingerprint density at radius 2 is 1.77 bits per heavy atom. The van der Waals surface area contributed by atoms with Crippen LogP contribution in [0.1, 0.15) is 48.0 Å². The van der Waals surface area contributed by atoms with Gasteiger partial charge >= 0.3 is 5.97 Å². The summed E-state index contributed by atoms with van der Waals surface area (Å²) in [6, 6.07) is 13.7. The van der Waals surface area contributed by atoms with Gasteiger partial charge in [0, 0.05) is 29.7 Å². The molecular weight excluding hydrogens is 383 g/mol. The maximum absolute atomic E-state index is 13.3. The lowest BCUT2D eigenvalue weighted by molar-refractivity contribution is -0.138. The number of esters is 1. The van der Waals surface area contributed by atoms with Crippen molar-refractivity contribution in [2.75, 3.05) is 6.61 Å². The van der Waals surface area contributed by atoms with Gasteiger partial charge in [-0.1, -0.05) is 49.6 Å². The number of fused-ring (bicyclic) bond motifs is 1. The Kier molecular flexibility index (Phi) is 6.12. The molecule has 0 atom stereocenters. The van der Waals surface area contributed by atoms with Crippen molar-refractivity contribution in [1.29, 1.82) is 0 Å². The zero-order valence-corrected chi connectivity index (χ0v) is 16.8. The number of aromatic nitrogens is 1. The SMILES string of the molecule is O=C(OCC(=O)N(Cc1ccc(F)cc1)C1CCCCC1)c1c[nH]c2ccccc12. The Morgan fingerprint density at radius 1 is 1.03 bits per heavy atom. The topological polar surface area (TPSA) is 62.4 Å². The molecule has 0 bridgehead atoms. The van der Waals surface area contributed by atoms with Crippen LogP contribution in [0.2, 0.25) is 0 Å². The van der Waals surface area contributed by atoms with Crippen LogP contribution in [-0.4, -0.2) is 34.4 Å². The van der Waals surface area contributed by atoms with Crippen molar-refractivity contribution >= 4 is 22.8 Å². The molecule has 1 amide bonds. The molecule has 30 heavy (non-hydrogen) atoms. The maximum Gasteiger partial charge on any atom is 0.340 e. The Hall–Kier alpha value is -3.15. The van der Waals surface area contributed by atoms with Crippen molar-refractivity contribution in [2.45, 2.75) is 44.7 Å². The normalized spacial score (nSPS) is 14.6. The van der Waals surface area contributed by atoms with Crippen LogP contribution in [-0.2, 0) is 16.1 Å². The van der Waals surface area contributed by atoms with Crippen LogP contribution in [0.25, 0.3) is 10.9 Å². The predicted molar refractivity (Wildman–Crippen MR) is 112 cm³/mol. The molecule has 1 heterocycles. The number of nitrogens with one attached hydrogen (secondary N) is 1. The summed E-state index contributed by atoms with van der Waals surface area (Å²) in [6.45, 7) is 0.0739. The number of hydrogen-bond donors (Lipinski definition) is 1. The fraction of sp³-hybridized carbons (Fsp3) is 0.333. The first kappa shape index (κ1) is 20.1. The molecule has 156 valence electrons. The lowest BCUT2D eigenvalue weighted by Gasteiger charge is -2.34. The standard InChI is InChI=1S/C24H25FN2O3/c25-18-12-10-17(11-13-18)15-27(19-6-2-1-3-7-19)23(28)16-30-24(29)21-14-26-22-9-5-4-8-20(21)22/h4-5,8-14,19,26H,1-3,6-7,15-16H2.